The van der Waals surface area contributed by atoms with Gasteiger partial charge in [-0.3, -0.25) is 0 Å². The molecule has 0 radical (unpaired) electrons. The summed E-state index contributed by atoms with van der Waals surface area (Å²) in [6.45, 7) is 6.25. The first-order valence-corrected chi connectivity index (χ1v) is 5.98. The topological polar surface area (TPSA) is 79.9 Å². The molecule has 1 rings (SSSR count). The van der Waals surface area contributed by atoms with Crippen LogP contribution in [-0.2, 0) is 0 Å². The van der Waals surface area contributed by atoms with Gasteiger partial charge < -0.3 is 19.4 Å². The van der Waals surface area contributed by atoms with Crippen molar-refractivity contribution in [2.45, 2.75) is 39.4 Å². The molecule has 0 aliphatic rings. The van der Waals surface area contributed by atoms with Gasteiger partial charge in [0.1, 0.15) is 17.1 Å². The van der Waals surface area contributed by atoms with Gasteiger partial charge in [0.2, 0.25) is 0 Å². The van der Waals surface area contributed by atoms with Gasteiger partial charge in [0.15, 0.2) is 0 Å². The highest BCUT2D eigenvalue weighted by Gasteiger charge is 2.24. The van der Waals surface area contributed by atoms with Crippen molar-refractivity contribution in [1.82, 2.24) is 0 Å². The number of allylic oxidation sites excluding steroid dienone is 1. The largest absolute Gasteiger partial charge is 0.496 e. The Bertz CT molecular complexity index is 537. The second-order valence-corrected chi connectivity index (χ2v) is 4.82. The van der Waals surface area contributed by atoms with E-state index >= 15 is 0 Å². The van der Waals surface area contributed by atoms with E-state index in [2.05, 4.69) is 0 Å². The first-order valence-electron chi connectivity index (χ1n) is 5.98. The molecule has 2 atom stereocenters. The van der Waals surface area contributed by atoms with Crippen LogP contribution < -0.4 is 10.4 Å². The van der Waals surface area contributed by atoms with Gasteiger partial charge in [-0.1, -0.05) is 0 Å². The highest BCUT2D eigenvalue weighted by atomic mass is 16.5. The lowest BCUT2D eigenvalue weighted by Crippen LogP contribution is -2.34. The van der Waals surface area contributed by atoms with Crippen LogP contribution in [0.2, 0.25) is 0 Å². The van der Waals surface area contributed by atoms with Crippen molar-refractivity contribution in [2.75, 3.05) is 7.11 Å². The van der Waals surface area contributed by atoms with Crippen LogP contribution in [0.5, 0.6) is 5.75 Å². The highest BCUT2D eigenvalue weighted by Crippen LogP contribution is 2.24. The maximum atomic E-state index is 11.6. The molecule has 0 aliphatic carbocycles. The Labute approximate surface area is 112 Å². The summed E-state index contributed by atoms with van der Waals surface area (Å²) in [5.41, 5.74) is -0.956. The summed E-state index contributed by atoms with van der Waals surface area (Å²) in [4.78, 5) is 11.6. The molecule has 0 unspecified atom stereocenters. The van der Waals surface area contributed by atoms with E-state index in [1.54, 1.807) is 19.9 Å². The number of methoxy groups -OCH3 is 1. The molecule has 0 amide bonds. The van der Waals surface area contributed by atoms with Crippen LogP contribution in [0.4, 0.5) is 0 Å². The number of rotatable bonds is 4. The maximum Gasteiger partial charge on any atom is 0.342 e. The Morgan fingerprint density at radius 2 is 2.16 bits per heavy atom. The summed E-state index contributed by atoms with van der Waals surface area (Å²) in [7, 11) is 1.47. The zero-order chi connectivity index (χ0) is 14.8. The number of hydrogen-bond acceptors (Lipinski definition) is 5. The van der Waals surface area contributed by atoms with E-state index in [1.807, 2.05) is 0 Å². The minimum absolute atomic E-state index is 0.299. The summed E-state index contributed by atoms with van der Waals surface area (Å²) in [5.74, 6) is 0.726. The molecular formula is C14H20O5. The monoisotopic (exact) mass is 268 g/mol. The van der Waals surface area contributed by atoms with E-state index in [1.165, 1.54) is 27.0 Å². The quantitative estimate of drug-likeness (QED) is 0.865. The van der Waals surface area contributed by atoms with E-state index in [-0.39, 0.29) is 0 Å². The fourth-order valence-corrected chi connectivity index (χ4v) is 1.57. The van der Waals surface area contributed by atoms with Crippen molar-refractivity contribution < 1.29 is 19.4 Å². The van der Waals surface area contributed by atoms with Gasteiger partial charge in [0, 0.05) is 6.07 Å². The Balaban J connectivity index is 3.28. The molecule has 106 valence electrons. The highest BCUT2D eigenvalue weighted by molar-refractivity contribution is 5.61. The molecule has 1 aromatic rings. The normalized spacial score (nSPS) is 16.9. The van der Waals surface area contributed by atoms with E-state index in [9.17, 15) is 15.0 Å². The summed E-state index contributed by atoms with van der Waals surface area (Å²) in [6, 6.07) is 1.58. The summed E-state index contributed by atoms with van der Waals surface area (Å²) < 4.78 is 10.2. The Kier molecular flexibility index (Phi) is 4.55. The minimum Gasteiger partial charge on any atom is -0.496 e. The molecule has 1 heterocycles. The minimum atomic E-state index is -1.40. The van der Waals surface area contributed by atoms with E-state index in [0.29, 0.717) is 22.6 Å². The Morgan fingerprint density at radius 3 is 2.63 bits per heavy atom. The zero-order valence-electron chi connectivity index (χ0n) is 11.9. The summed E-state index contributed by atoms with van der Waals surface area (Å²) >= 11 is 0. The number of ether oxygens (including phenoxy) is 1. The molecule has 19 heavy (non-hydrogen) atoms. The van der Waals surface area contributed by atoms with Crippen molar-refractivity contribution in [3.8, 4) is 5.75 Å². The third-order valence-corrected chi connectivity index (χ3v) is 3.10. The van der Waals surface area contributed by atoms with Crippen LogP contribution in [0.3, 0.4) is 0 Å². The number of aliphatic hydroxyl groups is 2. The van der Waals surface area contributed by atoms with Crippen molar-refractivity contribution >= 4 is 5.57 Å². The molecule has 0 bridgehead atoms. The lowest BCUT2D eigenvalue weighted by atomic mass is 9.96. The molecule has 0 spiro atoms. The number of aliphatic hydroxyl groups excluding tert-OH is 1. The SMILES string of the molecule is COc1cc(C(C)=C[C@](C)(O)[C@@H](C)O)oc(=O)c1C. The van der Waals surface area contributed by atoms with Gasteiger partial charge in [-0.25, -0.2) is 4.79 Å². The predicted octanol–water partition coefficient (Wildman–Crippen LogP) is 1.49. The van der Waals surface area contributed by atoms with Crippen LogP contribution in [0.15, 0.2) is 21.4 Å². The number of hydrogen-bond donors (Lipinski definition) is 2. The summed E-state index contributed by atoms with van der Waals surface area (Å²) in [5, 5.41) is 19.5. The predicted molar refractivity (Wildman–Crippen MR) is 72.2 cm³/mol. The Hall–Kier alpha value is -1.59. The molecule has 0 saturated heterocycles. The molecule has 1 aromatic heterocycles. The molecule has 0 aliphatic heterocycles. The molecule has 2 N–H and O–H groups in total. The fourth-order valence-electron chi connectivity index (χ4n) is 1.57. The van der Waals surface area contributed by atoms with Crippen LogP contribution in [0.25, 0.3) is 5.57 Å². The fraction of sp³-hybridized carbons (Fsp3) is 0.500. The third kappa shape index (κ3) is 3.45. The van der Waals surface area contributed by atoms with Crippen LogP contribution in [0.1, 0.15) is 32.1 Å². The van der Waals surface area contributed by atoms with Gasteiger partial charge in [0.25, 0.3) is 0 Å². The maximum absolute atomic E-state index is 11.6. The molecule has 5 nitrogen and oxygen atoms in total. The average molecular weight is 268 g/mol. The standard InChI is InChI=1S/C14H20O5/c1-8(7-14(4,17)10(3)15)11-6-12(18-5)9(2)13(16)19-11/h6-7,10,15,17H,1-5H3/t10-,14+/m1/s1. The average Bonchev–Trinajstić information content (AvgIpc) is 2.31. The van der Waals surface area contributed by atoms with Crippen molar-refractivity contribution in [2.24, 2.45) is 0 Å². The lowest BCUT2D eigenvalue weighted by molar-refractivity contribution is -0.0149. The van der Waals surface area contributed by atoms with E-state index in [4.69, 9.17) is 9.15 Å². The van der Waals surface area contributed by atoms with E-state index in [0.717, 1.165) is 0 Å². The molecule has 0 saturated carbocycles. The van der Waals surface area contributed by atoms with Gasteiger partial charge in [-0.2, -0.15) is 0 Å². The second kappa shape index (κ2) is 5.59. The van der Waals surface area contributed by atoms with Gasteiger partial charge in [-0.05, 0) is 39.3 Å². The van der Waals surface area contributed by atoms with Crippen molar-refractivity contribution in [3.05, 3.63) is 33.9 Å². The molecule has 0 aromatic carbocycles. The summed E-state index contributed by atoms with van der Waals surface area (Å²) in [6.07, 6.45) is 0.506. The smallest absolute Gasteiger partial charge is 0.342 e. The van der Waals surface area contributed by atoms with Gasteiger partial charge >= 0.3 is 5.63 Å². The molecular weight excluding hydrogens is 248 g/mol. The zero-order valence-corrected chi connectivity index (χ0v) is 11.9. The second-order valence-electron chi connectivity index (χ2n) is 4.82. The first kappa shape index (κ1) is 15.5. The first-order chi connectivity index (χ1) is 8.69. The van der Waals surface area contributed by atoms with Gasteiger partial charge in [0.05, 0.1) is 18.8 Å². The van der Waals surface area contributed by atoms with Crippen LogP contribution >= 0.6 is 0 Å². The molecule has 0 fully saturated rings. The van der Waals surface area contributed by atoms with Gasteiger partial charge in [-0.15, -0.1) is 0 Å². The lowest BCUT2D eigenvalue weighted by Gasteiger charge is -2.23. The molecule has 5 heteroatoms. The van der Waals surface area contributed by atoms with E-state index < -0.39 is 17.3 Å². The van der Waals surface area contributed by atoms with Crippen molar-refractivity contribution in [1.29, 1.82) is 0 Å². The Morgan fingerprint density at radius 1 is 1.58 bits per heavy atom. The third-order valence-electron chi connectivity index (χ3n) is 3.10. The van der Waals surface area contributed by atoms with Crippen LogP contribution in [0, 0.1) is 6.92 Å². The van der Waals surface area contributed by atoms with Crippen LogP contribution in [-0.4, -0.2) is 29.0 Å². The van der Waals surface area contributed by atoms with Crippen molar-refractivity contribution in [3.63, 3.8) is 0 Å².